The van der Waals surface area contributed by atoms with Gasteiger partial charge in [-0.25, -0.2) is 4.98 Å². The highest BCUT2D eigenvalue weighted by Crippen LogP contribution is 2.58. The van der Waals surface area contributed by atoms with Crippen molar-refractivity contribution >= 4 is 13.4 Å². The Balaban J connectivity index is 2.43. The highest BCUT2D eigenvalue weighted by molar-refractivity contribution is 7.51. The summed E-state index contributed by atoms with van der Waals surface area (Å²) in [5, 5.41) is 0. The number of carbonyl (C=O) groups is 1. The van der Waals surface area contributed by atoms with Crippen molar-refractivity contribution in [1.29, 1.82) is 0 Å². The zero-order chi connectivity index (χ0) is 19.2. The summed E-state index contributed by atoms with van der Waals surface area (Å²) in [7, 11) is -4.14. The van der Waals surface area contributed by atoms with E-state index in [0.717, 1.165) is 0 Å². The number of Topliss-reactive ketones (excluding diaryl/α,β-unsaturated/α-hetero) is 1. The molecule has 1 aliphatic heterocycles. The van der Waals surface area contributed by atoms with Crippen molar-refractivity contribution in [2.24, 2.45) is 10.8 Å². The molecule has 8 nitrogen and oxygen atoms in total. The Kier molecular flexibility index (Phi) is 5.14. The molecule has 2 heterocycles. The number of aromatic nitrogens is 2. The van der Waals surface area contributed by atoms with Gasteiger partial charge in [0.15, 0.2) is 11.5 Å². The molecule has 0 aromatic carbocycles. The Bertz CT molecular complexity index is 779. The Morgan fingerprint density at radius 1 is 1.32 bits per heavy atom. The molecule has 1 aliphatic rings. The Morgan fingerprint density at radius 3 is 2.44 bits per heavy atom. The third kappa shape index (κ3) is 3.62. The minimum Gasteiger partial charge on any atom is -0.354 e. The van der Waals surface area contributed by atoms with Crippen LogP contribution < -0.4 is 5.56 Å². The standard InChI is InChI=1S/C16H25N2O6P/c1-10(19)12-13(20)18(8-7-17-12)14-16(4,5)15(2,3)11(24-14)6-9-25(21,22)23/h7-8,11,14H,6,9H2,1-5H3,(H2,21,22,23). The third-order valence-electron chi connectivity index (χ3n) is 5.51. The summed E-state index contributed by atoms with van der Waals surface area (Å²) < 4.78 is 18.6. The van der Waals surface area contributed by atoms with Crippen LogP contribution in [0.4, 0.5) is 0 Å². The molecule has 0 aliphatic carbocycles. The molecular formula is C16H25N2O6P. The van der Waals surface area contributed by atoms with Crippen LogP contribution in [0.2, 0.25) is 0 Å². The molecule has 1 aromatic rings. The second-order valence-electron chi connectivity index (χ2n) is 7.64. The monoisotopic (exact) mass is 372 g/mol. The molecule has 2 N–H and O–H groups in total. The highest BCUT2D eigenvalue weighted by atomic mass is 31.2. The van der Waals surface area contributed by atoms with E-state index in [-0.39, 0.29) is 18.3 Å². The molecular weight excluding hydrogens is 347 g/mol. The lowest BCUT2D eigenvalue weighted by Gasteiger charge is -2.38. The first kappa shape index (κ1) is 20.0. The van der Waals surface area contributed by atoms with Crippen LogP contribution in [0.3, 0.4) is 0 Å². The lowest BCUT2D eigenvalue weighted by Crippen LogP contribution is -2.40. The van der Waals surface area contributed by atoms with Gasteiger partial charge in [-0.3, -0.25) is 18.7 Å². The van der Waals surface area contributed by atoms with Gasteiger partial charge in [0.25, 0.3) is 5.56 Å². The Morgan fingerprint density at radius 2 is 1.92 bits per heavy atom. The predicted molar refractivity (Wildman–Crippen MR) is 91.5 cm³/mol. The van der Waals surface area contributed by atoms with Gasteiger partial charge in [0.2, 0.25) is 0 Å². The van der Waals surface area contributed by atoms with Crippen molar-refractivity contribution in [2.75, 3.05) is 6.16 Å². The molecule has 1 aromatic heterocycles. The van der Waals surface area contributed by atoms with Crippen molar-refractivity contribution < 1.29 is 23.9 Å². The van der Waals surface area contributed by atoms with Crippen LogP contribution in [0, 0.1) is 10.8 Å². The number of ether oxygens (including phenoxy) is 1. The van der Waals surface area contributed by atoms with Gasteiger partial charge in [-0.15, -0.1) is 0 Å². The topological polar surface area (TPSA) is 119 Å². The summed E-state index contributed by atoms with van der Waals surface area (Å²) in [4.78, 5) is 46.3. The van der Waals surface area contributed by atoms with Crippen molar-refractivity contribution in [2.45, 2.75) is 53.4 Å². The number of hydrogen-bond donors (Lipinski definition) is 2. The van der Waals surface area contributed by atoms with E-state index >= 15 is 0 Å². The predicted octanol–water partition coefficient (Wildman–Crippen LogP) is 1.96. The maximum absolute atomic E-state index is 12.6. The van der Waals surface area contributed by atoms with Gasteiger partial charge in [-0.2, -0.15) is 0 Å². The number of rotatable bonds is 5. The van der Waals surface area contributed by atoms with E-state index in [2.05, 4.69) is 4.98 Å². The second-order valence-corrected chi connectivity index (χ2v) is 9.42. The molecule has 0 amide bonds. The highest BCUT2D eigenvalue weighted by Gasteiger charge is 2.57. The zero-order valence-electron chi connectivity index (χ0n) is 15.1. The molecule has 0 spiro atoms. The normalized spacial score (nSPS) is 25.1. The fourth-order valence-electron chi connectivity index (χ4n) is 3.21. The second kappa shape index (κ2) is 6.43. The van der Waals surface area contributed by atoms with E-state index in [0.29, 0.717) is 0 Å². The molecule has 9 heteroatoms. The van der Waals surface area contributed by atoms with Crippen molar-refractivity contribution in [3.05, 3.63) is 28.4 Å². The van der Waals surface area contributed by atoms with Gasteiger partial charge < -0.3 is 14.5 Å². The van der Waals surface area contributed by atoms with E-state index in [1.54, 1.807) is 0 Å². The zero-order valence-corrected chi connectivity index (χ0v) is 16.0. The Labute approximate surface area is 146 Å². The van der Waals surface area contributed by atoms with Gasteiger partial charge in [0, 0.05) is 30.1 Å². The summed E-state index contributed by atoms with van der Waals surface area (Å²) in [5.74, 6) is -0.424. The maximum atomic E-state index is 12.6. The molecule has 1 fully saturated rings. The molecule has 2 unspecified atom stereocenters. The van der Waals surface area contributed by atoms with Crippen LogP contribution in [0.25, 0.3) is 0 Å². The fraction of sp³-hybridized carbons (Fsp3) is 0.688. The first-order valence-corrected chi connectivity index (χ1v) is 9.87. The molecule has 0 radical (unpaired) electrons. The molecule has 1 saturated heterocycles. The van der Waals surface area contributed by atoms with Gasteiger partial charge in [0.05, 0.1) is 12.3 Å². The molecule has 2 rings (SSSR count). The van der Waals surface area contributed by atoms with Crippen LogP contribution in [0.5, 0.6) is 0 Å². The number of carbonyl (C=O) groups excluding carboxylic acids is 1. The van der Waals surface area contributed by atoms with E-state index in [9.17, 15) is 14.2 Å². The average Bonchev–Trinajstić information content (AvgIpc) is 2.63. The maximum Gasteiger partial charge on any atom is 0.325 e. The Hall–Kier alpha value is -1.34. The van der Waals surface area contributed by atoms with Gasteiger partial charge in [0.1, 0.15) is 6.23 Å². The van der Waals surface area contributed by atoms with Crippen molar-refractivity contribution in [3.63, 3.8) is 0 Å². The third-order valence-corrected chi connectivity index (χ3v) is 6.35. The van der Waals surface area contributed by atoms with Crippen LogP contribution in [-0.4, -0.2) is 37.4 Å². The van der Waals surface area contributed by atoms with Gasteiger partial charge in [-0.05, 0) is 6.42 Å². The lowest BCUT2D eigenvalue weighted by molar-refractivity contribution is -0.0347. The van der Waals surface area contributed by atoms with Crippen LogP contribution in [0.1, 0.15) is 57.8 Å². The van der Waals surface area contributed by atoms with Crippen LogP contribution >= 0.6 is 7.60 Å². The summed E-state index contributed by atoms with van der Waals surface area (Å²) in [6.45, 7) is 9.07. The summed E-state index contributed by atoms with van der Waals surface area (Å²) >= 11 is 0. The quantitative estimate of drug-likeness (QED) is 0.599. The van der Waals surface area contributed by atoms with E-state index < -0.39 is 42.1 Å². The van der Waals surface area contributed by atoms with Crippen LogP contribution in [-0.2, 0) is 9.30 Å². The number of ketones is 1. The minimum atomic E-state index is -4.14. The molecule has 2 atom stereocenters. The fourth-order valence-corrected chi connectivity index (χ4v) is 3.78. The first-order valence-electron chi connectivity index (χ1n) is 8.07. The average molecular weight is 372 g/mol. The minimum absolute atomic E-state index is 0.154. The van der Waals surface area contributed by atoms with Crippen molar-refractivity contribution in [3.8, 4) is 0 Å². The number of hydrogen-bond acceptors (Lipinski definition) is 5. The molecule has 0 bridgehead atoms. The van der Waals surface area contributed by atoms with E-state index in [4.69, 9.17) is 14.5 Å². The largest absolute Gasteiger partial charge is 0.354 e. The van der Waals surface area contributed by atoms with E-state index in [1.165, 1.54) is 23.9 Å². The lowest BCUT2D eigenvalue weighted by atomic mass is 9.65. The van der Waals surface area contributed by atoms with Crippen LogP contribution in [0.15, 0.2) is 17.2 Å². The molecule has 25 heavy (non-hydrogen) atoms. The SMILES string of the molecule is CC(=O)c1nccn(C2OC(CCP(=O)(O)O)C(C)(C)C2(C)C)c1=O. The van der Waals surface area contributed by atoms with E-state index in [1.807, 2.05) is 27.7 Å². The summed E-state index contributed by atoms with van der Waals surface area (Å²) in [5.41, 5.74) is -1.66. The smallest absolute Gasteiger partial charge is 0.325 e. The first-order chi connectivity index (χ1) is 11.3. The summed E-state index contributed by atoms with van der Waals surface area (Å²) in [6.07, 6.45) is 1.64. The molecule has 140 valence electrons. The molecule has 0 saturated carbocycles. The van der Waals surface area contributed by atoms with Gasteiger partial charge >= 0.3 is 7.60 Å². The van der Waals surface area contributed by atoms with Crippen molar-refractivity contribution in [1.82, 2.24) is 9.55 Å². The number of nitrogens with zero attached hydrogens (tertiary/aromatic N) is 2. The van der Waals surface area contributed by atoms with Gasteiger partial charge in [-0.1, -0.05) is 27.7 Å². The summed E-state index contributed by atoms with van der Waals surface area (Å²) in [6, 6.07) is 0.